The van der Waals surface area contributed by atoms with Crippen LogP contribution in [0.4, 0.5) is 4.79 Å². The van der Waals surface area contributed by atoms with E-state index >= 15 is 0 Å². The lowest BCUT2D eigenvalue weighted by molar-refractivity contribution is -0.148. The van der Waals surface area contributed by atoms with Gasteiger partial charge in [0.05, 0.1) is 55.4 Å². The first kappa shape index (κ1) is 44.4. The molecule has 65 heavy (non-hydrogen) atoms. The first-order chi connectivity index (χ1) is 31.4. The summed E-state index contributed by atoms with van der Waals surface area (Å²) in [5.74, 6) is -0.204. The molecule has 342 valence electrons. The number of hydrogen-bond acceptors (Lipinski definition) is 9. The van der Waals surface area contributed by atoms with Gasteiger partial charge in [-0.2, -0.15) is 0 Å². The van der Waals surface area contributed by atoms with Gasteiger partial charge in [0, 0.05) is 43.2 Å². The molecule has 13 nitrogen and oxygen atoms in total. The molecule has 1 saturated carbocycles. The van der Waals surface area contributed by atoms with Crippen LogP contribution in [-0.4, -0.2) is 93.7 Å². The molecule has 5 aliphatic rings. The molecule has 13 heteroatoms. The second-order valence-electron chi connectivity index (χ2n) is 19.8. The highest BCUT2D eigenvalue weighted by Crippen LogP contribution is 2.53. The van der Waals surface area contributed by atoms with E-state index in [-0.39, 0.29) is 53.5 Å². The molecule has 9 rings (SSSR count). The lowest BCUT2D eigenvalue weighted by atomic mass is 9.82. The number of carbonyl (C=O) groups is 4. The number of carbonyl (C=O) groups excluding carboxylic acids is 4. The predicted octanol–water partition coefficient (Wildman–Crippen LogP) is 9.01. The van der Waals surface area contributed by atoms with Gasteiger partial charge in [0.15, 0.2) is 0 Å². The summed E-state index contributed by atoms with van der Waals surface area (Å²) < 4.78 is 9.75. The van der Waals surface area contributed by atoms with E-state index in [1.165, 1.54) is 62.2 Å². The van der Waals surface area contributed by atoms with Gasteiger partial charge in [-0.3, -0.25) is 24.4 Å². The zero-order valence-electron chi connectivity index (χ0n) is 38.7. The Balaban J connectivity index is 0.938. The van der Waals surface area contributed by atoms with Gasteiger partial charge in [-0.1, -0.05) is 64.8 Å². The first-order valence-corrected chi connectivity index (χ1v) is 23.8. The Hall–Kier alpha value is -5.85. The minimum atomic E-state index is -0.689. The standard InChI is InChI=1S/C52H63N7O6/c1-30(2)37(25-46(60)64-5)49(61)58-21-9-11-44(58)43-24-34(29-54-43)33-14-17-40(53-28-33)36-16-15-35(38-26-52(27-39(36)38)19-7-8-20-52)32-13-18-41-42(23-32)56-48(55-41)45-12-10-22-59(45)50(62)47(31(3)4)57-51(63)65-6/h13-18,23,28-31,37,44-45,47H,7-12,19-22,24-27H2,1-6H3,(H,55,56)(H,57,63)/t37-,44-,45-,47-/m0/s1. The average Bonchev–Trinajstić information content (AvgIpc) is 4.17. The molecule has 4 atom stereocenters. The number of alkyl carbamates (subject to hydrolysis) is 1. The summed E-state index contributed by atoms with van der Waals surface area (Å²) >= 11 is 0. The van der Waals surface area contributed by atoms with E-state index in [4.69, 9.17) is 24.4 Å². The van der Waals surface area contributed by atoms with Crippen LogP contribution in [-0.2, 0) is 36.7 Å². The van der Waals surface area contributed by atoms with Gasteiger partial charge in [0.25, 0.3) is 0 Å². The summed E-state index contributed by atoms with van der Waals surface area (Å²) in [6.45, 7) is 9.10. The summed E-state index contributed by atoms with van der Waals surface area (Å²) in [7, 11) is 2.68. The van der Waals surface area contributed by atoms with Crippen molar-refractivity contribution in [2.45, 2.75) is 123 Å². The van der Waals surface area contributed by atoms with Crippen molar-refractivity contribution < 1.29 is 28.7 Å². The van der Waals surface area contributed by atoms with Gasteiger partial charge < -0.3 is 29.6 Å². The van der Waals surface area contributed by atoms with E-state index in [1.807, 2.05) is 49.9 Å². The molecule has 0 unspecified atom stereocenters. The molecule has 3 aliphatic heterocycles. The van der Waals surface area contributed by atoms with Crippen molar-refractivity contribution in [1.29, 1.82) is 0 Å². The van der Waals surface area contributed by atoms with E-state index in [0.29, 0.717) is 19.5 Å². The normalized spacial score (nSPS) is 21.0. The molecule has 2 N–H and O–H groups in total. The van der Waals surface area contributed by atoms with Crippen LogP contribution in [0.25, 0.3) is 39.0 Å². The van der Waals surface area contributed by atoms with Crippen molar-refractivity contribution >= 4 is 46.2 Å². The molecular formula is C52H63N7O6. The molecule has 2 aliphatic carbocycles. The van der Waals surface area contributed by atoms with E-state index in [0.717, 1.165) is 83.5 Å². The second-order valence-corrected chi connectivity index (χ2v) is 19.8. The zero-order valence-corrected chi connectivity index (χ0v) is 38.7. The lowest BCUT2D eigenvalue weighted by Gasteiger charge is -2.30. The third-order valence-electron chi connectivity index (χ3n) is 15.1. The number of hydrogen-bond donors (Lipinski definition) is 2. The number of methoxy groups -OCH3 is 2. The number of aromatic amines is 1. The Kier molecular flexibility index (Phi) is 12.4. The first-order valence-electron chi connectivity index (χ1n) is 23.8. The highest BCUT2D eigenvalue weighted by molar-refractivity contribution is 6.03. The van der Waals surface area contributed by atoms with E-state index in [2.05, 4.69) is 52.8 Å². The predicted molar refractivity (Wildman–Crippen MR) is 251 cm³/mol. The number of nitrogens with zero attached hydrogens (tertiary/aromatic N) is 5. The van der Waals surface area contributed by atoms with Crippen LogP contribution in [0.3, 0.4) is 0 Å². The number of likely N-dealkylation sites (tertiary alicyclic amines) is 2. The molecule has 0 bridgehead atoms. The Labute approximate surface area is 381 Å². The van der Waals surface area contributed by atoms with Crippen molar-refractivity contribution in [3.63, 3.8) is 0 Å². The van der Waals surface area contributed by atoms with Crippen molar-refractivity contribution in [2.24, 2.45) is 28.2 Å². The highest BCUT2D eigenvalue weighted by Gasteiger charge is 2.43. The summed E-state index contributed by atoms with van der Waals surface area (Å²) in [6, 6.07) is 14.4. The number of fused-ring (bicyclic) bond motifs is 2. The third kappa shape index (κ3) is 8.58. The maximum atomic E-state index is 13.8. The number of esters is 1. The number of benzene rings is 2. The Morgan fingerprint density at radius 3 is 2.18 bits per heavy atom. The number of aliphatic imine (C=N–C) groups is 1. The zero-order chi connectivity index (χ0) is 45.6. The van der Waals surface area contributed by atoms with Crippen molar-refractivity contribution in [1.82, 2.24) is 30.1 Å². The van der Waals surface area contributed by atoms with Crippen LogP contribution >= 0.6 is 0 Å². The van der Waals surface area contributed by atoms with E-state index < -0.39 is 18.1 Å². The number of imidazole rings is 1. The maximum absolute atomic E-state index is 13.8. The summed E-state index contributed by atoms with van der Waals surface area (Å²) in [5, 5.41) is 2.74. The molecule has 4 aromatic rings. The van der Waals surface area contributed by atoms with E-state index in [1.54, 1.807) is 0 Å². The van der Waals surface area contributed by atoms with Crippen molar-refractivity contribution in [3.8, 4) is 22.4 Å². The fourth-order valence-corrected chi connectivity index (χ4v) is 11.5. The van der Waals surface area contributed by atoms with Crippen LogP contribution < -0.4 is 5.32 Å². The molecule has 0 radical (unpaired) electrons. The summed E-state index contributed by atoms with van der Waals surface area (Å²) in [5.41, 5.74) is 12.6. The van der Waals surface area contributed by atoms with Gasteiger partial charge in [-0.25, -0.2) is 9.78 Å². The number of ether oxygens (including phenoxy) is 2. The Morgan fingerprint density at radius 1 is 0.815 bits per heavy atom. The quantitative estimate of drug-likeness (QED) is 0.134. The third-order valence-corrected chi connectivity index (χ3v) is 15.1. The number of pyridine rings is 1. The molecule has 2 aromatic heterocycles. The molecule has 3 amide bonds. The number of H-pyrrole nitrogens is 1. The Bertz CT molecular complexity index is 2550. The molecule has 2 aromatic carbocycles. The highest BCUT2D eigenvalue weighted by atomic mass is 16.5. The molecule has 1 spiro atoms. The number of amides is 3. The van der Waals surface area contributed by atoms with Gasteiger partial charge in [-0.05, 0) is 120 Å². The van der Waals surface area contributed by atoms with Gasteiger partial charge in [-0.15, -0.1) is 0 Å². The topological polar surface area (TPSA) is 159 Å². The molecular weight excluding hydrogens is 819 g/mol. The van der Waals surface area contributed by atoms with Crippen molar-refractivity contribution in [3.05, 3.63) is 77.4 Å². The number of allylic oxidation sites excluding steroid dienone is 1. The Morgan fingerprint density at radius 2 is 1.51 bits per heavy atom. The molecule has 5 heterocycles. The number of aromatic nitrogens is 3. The largest absolute Gasteiger partial charge is 0.469 e. The average molecular weight is 882 g/mol. The fraction of sp³-hybridized carbons (Fsp3) is 0.519. The summed E-state index contributed by atoms with van der Waals surface area (Å²) in [6.07, 6.45) is 14.6. The van der Waals surface area contributed by atoms with Crippen LogP contribution in [0.15, 0.2) is 59.9 Å². The summed E-state index contributed by atoms with van der Waals surface area (Å²) in [4.78, 5) is 74.3. The SMILES string of the molecule is COC(=O)C[C@H](C(=O)N1CCC[C@H]1C1=NC=C(c2ccc(-c3ccc(-c4ccc5nc([C@@H]6CCCN6C(=O)[C@@H](NC(=O)OC)C(C)C)[nH]c5c4)c4c3CC3(CCCC3)C4)nc2)C1)C(C)C. The van der Waals surface area contributed by atoms with Gasteiger partial charge >= 0.3 is 12.1 Å². The lowest BCUT2D eigenvalue weighted by Crippen LogP contribution is -2.51. The second kappa shape index (κ2) is 18.2. The number of rotatable bonds is 12. The van der Waals surface area contributed by atoms with Crippen LogP contribution in [0, 0.1) is 23.2 Å². The minimum Gasteiger partial charge on any atom is -0.469 e. The maximum Gasteiger partial charge on any atom is 0.407 e. The van der Waals surface area contributed by atoms with Crippen molar-refractivity contribution in [2.75, 3.05) is 27.3 Å². The van der Waals surface area contributed by atoms with Gasteiger partial charge in [0.1, 0.15) is 11.9 Å². The molecule has 3 fully saturated rings. The molecule has 2 saturated heterocycles. The van der Waals surface area contributed by atoms with E-state index in [9.17, 15) is 19.2 Å². The van der Waals surface area contributed by atoms with Crippen LogP contribution in [0.5, 0.6) is 0 Å². The van der Waals surface area contributed by atoms with Gasteiger partial charge in [0.2, 0.25) is 11.8 Å². The van der Waals surface area contributed by atoms with Crippen LogP contribution in [0.1, 0.15) is 120 Å². The van der Waals surface area contributed by atoms with Crippen LogP contribution in [0.2, 0.25) is 0 Å². The smallest absolute Gasteiger partial charge is 0.407 e. The number of nitrogens with one attached hydrogen (secondary N) is 2. The monoisotopic (exact) mass is 881 g/mol. The minimum absolute atomic E-state index is 0.0119. The fourth-order valence-electron chi connectivity index (χ4n) is 11.5.